The van der Waals surface area contributed by atoms with Crippen molar-refractivity contribution < 1.29 is 31.4 Å². The van der Waals surface area contributed by atoms with E-state index in [0.29, 0.717) is 24.0 Å². The van der Waals surface area contributed by atoms with Crippen molar-refractivity contribution in [1.29, 1.82) is 0 Å². The van der Waals surface area contributed by atoms with Crippen molar-refractivity contribution in [3.8, 4) is 5.75 Å². The van der Waals surface area contributed by atoms with Gasteiger partial charge in [0.15, 0.2) is 0 Å². The second kappa shape index (κ2) is 7.32. The summed E-state index contributed by atoms with van der Waals surface area (Å²) in [5, 5.41) is 9.33. The molecule has 2 N–H and O–H groups in total. The summed E-state index contributed by atoms with van der Waals surface area (Å²) < 4.78 is 71.2. The summed E-state index contributed by atoms with van der Waals surface area (Å²) in [5.74, 6) is 0.364. The lowest BCUT2D eigenvalue weighted by Crippen LogP contribution is -2.19. The van der Waals surface area contributed by atoms with E-state index in [2.05, 4.69) is 4.72 Å². The van der Waals surface area contributed by atoms with Crippen LogP contribution in [0.1, 0.15) is 18.1 Å². The van der Waals surface area contributed by atoms with E-state index in [1.165, 1.54) is 24.3 Å². The molecule has 0 saturated heterocycles. The normalized spacial score (nSPS) is 12.0. The van der Waals surface area contributed by atoms with E-state index in [4.69, 9.17) is 4.74 Å². The first kappa shape index (κ1) is 19.1. The Kier molecular flexibility index (Phi) is 5.58. The minimum atomic E-state index is -4.81. The predicted molar refractivity (Wildman–Crippen MR) is 85.8 cm³/mol. The van der Waals surface area contributed by atoms with Gasteiger partial charge >= 0.3 is 6.18 Å². The van der Waals surface area contributed by atoms with Crippen LogP contribution in [0.2, 0.25) is 0 Å². The van der Waals surface area contributed by atoms with Crippen molar-refractivity contribution in [3.63, 3.8) is 0 Å². The maximum Gasteiger partial charge on any atom is 0.417 e. The highest BCUT2D eigenvalue weighted by molar-refractivity contribution is 7.92. The van der Waals surface area contributed by atoms with E-state index in [9.17, 15) is 26.7 Å². The number of alkyl halides is 3. The molecular formula is C16H16F3NO4S. The van der Waals surface area contributed by atoms with E-state index >= 15 is 0 Å². The number of anilines is 1. The molecule has 0 unspecified atom stereocenters. The van der Waals surface area contributed by atoms with Crippen molar-refractivity contribution in [2.75, 3.05) is 11.3 Å². The van der Waals surface area contributed by atoms with Gasteiger partial charge in [0.1, 0.15) is 5.75 Å². The summed E-state index contributed by atoms with van der Waals surface area (Å²) in [4.78, 5) is -0.873. The molecule has 0 bridgehead atoms. The van der Waals surface area contributed by atoms with E-state index in [1.54, 1.807) is 6.92 Å². The lowest BCUT2D eigenvalue weighted by molar-refractivity contribution is -0.139. The molecule has 9 heteroatoms. The molecule has 0 aromatic heterocycles. The first-order chi connectivity index (χ1) is 11.7. The average molecular weight is 375 g/mol. The standard InChI is InChI=1S/C16H16F3NO4S/c1-2-24-14-8-7-12(9-11(14)10-21)20-25(22,23)15-6-4-3-5-13(15)16(17,18)19/h3-9,20-21H,2,10H2,1H3. The van der Waals surface area contributed by atoms with Gasteiger partial charge < -0.3 is 9.84 Å². The summed E-state index contributed by atoms with van der Waals surface area (Å²) in [5.41, 5.74) is -0.925. The molecule has 0 heterocycles. The summed E-state index contributed by atoms with van der Waals surface area (Å²) >= 11 is 0. The molecule has 2 rings (SSSR count). The molecule has 0 aliphatic rings. The number of nitrogens with one attached hydrogen (secondary N) is 1. The number of ether oxygens (including phenoxy) is 1. The molecule has 25 heavy (non-hydrogen) atoms. The van der Waals surface area contributed by atoms with Gasteiger partial charge in [0.2, 0.25) is 0 Å². The quantitative estimate of drug-likeness (QED) is 0.812. The Balaban J connectivity index is 2.41. The van der Waals surface area contributed by atoms with Crippen LogP contribution in [0.15, 0.2) is 47.4 Å². The minimum absolute atomic E-state index is 0.0180. The molecule has 0 radical (unpaired) electrons. The number of rotatable bonds is 6. The largest absolute Gasteiger partial charge is 0.494 e. The van der Waals surface area contributed by atoms with Crippen LogP contribution < -0.4 is 9.46 Å². The van der Waals surface area contributed by atoms with Gasteiger partial charge in [-0.25, -0.2) is 8.42 Å². The van der Waals surface area contributed by atoms with E-state index < -0.39 is 33.3 Å². The average Bonchev–Trinajstić information content (AvgIpc) is 2.55. The Labute approximate surface area is 143 Å². The number of hydrogen-bond donors (Lipinski definition) is 2. The lowest BCUT2D eigenvalue weighted by atomic mass is 10.2. The second-order valence-corrected chi connectivity index (χ2v) is 6.66. The molecule has 0 spiro atoms. The van der Waals surface area contributed by atoms with Crippen molar-refractivity contribution >= 4 is 15.7 Å². The summed E-state index contributed by atoms with van der Waals surface area (Å²) in [6.07, 6.45) is -4.81. The van der Waals surface area contributed by atoms with E-state index in [1.807, 2.05) is 0 Å². The molecule has 0 fully saturated rings. The van der Waals surface area contributed by atoms with Gasteiger partial charge in [-0.05, 0) is 37.3 Å². The molecule has 2 aromatic carbocycles. The van der Waals surface area contributed by atoms with Gasteiger partial charge in [-0.2, -0.15) is 13.2 Å². The number of halogens is 3. The summed E-state index contributed by atoms with van der Waals surface area (Å²) in [6, 6.07) is 7.99. The fourth-order valence-corrected chi connectivity index (χ4v) is 3.49. The number of sulfonamides is 1. The van der Waals surface area contributed by atoms with Gasteiger partial charge in [0.05, 0.1) is 23.7 Å². The number of aliphatic hydroxyl groups excluding tert-OH is 1. The van der Waals surface area contributed by atoms with Crippen molar-refractivity contribution in [2.24, 2.45) is 0 Å². The highest BCUT2D eigenvalue weighted by Crippen LogP contribution is 2.35. The van der Waals surface area contributed by atoms with Gasteiger partial charge in [0.25, 0.3) is 10.0 Å². The predicted octanol–water partition coefficient (Wildman–Crippen LogP) is 3.40. The van der Waals surface area contributed by atoms with Crippen LogP contribution in [0.4, 0.5) is 18.9 Å². The van der Waals surface area contributed by atoms with E-state index in [0.717, 1.165) is 12.1 Å². The molecule has 0 amide bonds. The van der Waals surface area contributed by atoms with Crippen LogP contribution in [0.5, 0.6) is 5.75 Å². The maximum absolute atomic E-state index is 13.0. The Hall–Kier alpha value is -2.26. The number of benzene rings is 2. The van der Waals surface area contributed by atoms with Crippen LogP contribution in [0.25, 0.3) is 0 Å². The van der Waals surface area contributed by atoms with Crippen molar-refractivity contribution in [2.45, 2.75) is 24.6 Å². The van der Waals surface area contributed by atoms with Crippen LogP contribution in [0.3, 0.4) is 0 Å². The molecule has 136 valence electrons. The Morgan fingerprint density at radius 1 is 1.16 bits per heavy atom. The third-order valence-corrected chi connectivity index (χ3v) is 4.70. The highest BCUT2D eigenvalue weighted by atomic mass is 32.2. The molecule has 0 atom stereocenters. The first-order valence-electron chi connectivity index (χ1n) is 7.24. The topological polar surface area (TPSA) is 75.6 Å². The van der Waals surface area contributed by atoms with Crippen LogP contribution in [0, 0.1) is 0 Å². The van der Waals surface area contributed by atoms with Crippen LogP contribution in [-0.4, -0.2) is 20.1 Å². The SMILES string of the molecule is CCOc1ccc(NS(=O)(=O)c2ccccc2C(F)(F)F)cc1CO. The molecular weight excluding hydrogens is 359 g/mol. The van der Waals surface area contributed by atoms with Gasteiger partial charge in [-0.3, -0.25) is 4.72 Å². The van der Waals surface area contributed by atoms with Gasteiger partial charge in [-0.1, -0.05) is 12.1 Å². The molecule has 2 aromatic rings. The Morgan fingerprint density at radius 3 is 2.44 bits per heavy atom. The van der Waals surface area contributed by atoms with E-state index in [-0.39, 0.29) is 5.69 Å². The van der Waals surface area contributed by atoms with Crippen molar-refractivity contribution in [1.82, 2.24) is 0 Å². The highest BCUT2D eigenvalue weighted by Gasteiger charge is 2.36. The molecule has 5 nitrogen and oxygen atoms in total. The molecule has 0 aliphatic heterocycles. The van der Waals surface area contributed by atoms with Crippen LogP contribution >= 0.6 is 0 Å². The van der Waals surface area contributed by atoms with Gasteiger partial charge in [-0.15, -0.1) is 0 Å². The molecule has 0 saturated carbocycles. The van der Waals surface area contributed by atoms with Crippen LogP contribution in [-0.2, 0) is 22.8 Å². The first-order valence-corrected chi connectivity index (χ1v) is 8.73. The second-order valence-electron chi connectivity index (χ2n) is 5.01. The third kappa shape index (κ3) is 4.43. The maximum atomic E-state index is 13.0. The number of hydrogen-bond acceptors (Lipinski definition) is 4. The Bertz CT molecular complexity index is 851. The monoisotopic (exact) mass is 375 g/mol. The zero-order chi connectivity index (χ0) is 18.7. The molecule has 0 aliphatic carbocycles. The summed E-state index contributed by atoms with van der Waals surface area (Å²) in [6.45, 7) is 1.67. The van der Waals surface area contributed by atoms with Gasteiger partial charge in [0, 0.05) is 11.3 Å². The smallest absolute Gasteiger partial charge is 0.417 e. The Morgan fingerprint density at radius 2 is 1.84 bits per heavy atom. The lowest BCUT2D eigenvalue weighted by Gasteiger charge is -2.15. The third-order valence-electron chi connectivity index (χ3n) is 3.26. The summed E-state index contributed by atoms with van der Waals surface area (Å²) in [7, 11) is -4.47. The number of aliphatic hydroxyl groups is 1. The fourth-order valence-electron chi connectivity index (χ4n) is 2.21. The zero-order valence-electron chi connectivity index (χ0n) is 13.2. The zero-order valence-corrected chi connectivity index (χ0v) is 14.0. The fraction of sp³-hybridized carbons (Fsp3) is 0.250. The minimum Gasteiger partial charge on any atom is -0.494 e. The van der Waals surface area contributed by atoms with Crippen molar-refractivity contribution in [3.05, 3.63) is 53.6 Å².